The lowest BCUT2D eigenvalue weighted by atomic mass is 9.64. The Balaban J connectivity index is 1.68. The number of amides is 1. The maximum atomic E-state index is 12.9. The van der Waals surface area contributed by atoms with Crippen LogP contribution in [-0.2, 0) is 0 Å². The molecule has 0 unspecified atom stereocenters. The molecule has 0 aromatic heterocycles. The van der Waals surface area contributed by atoms with Gasteiger partial charge < -0.3 is 14.9 Å². The van der Waals surface area contributed by atoms with Crippen LogP contribution in [0.15, 0.2) is 18.2 Å². The van der Waals surface area contributed by atoms with E-state index in [1.54, 1.807) is 12.1 Å². The molecule has 0 bridgehead atoms. The lowest BCUT2D eigenvalue weighted by molar-refractivity contribution is -0.0351. The van der Waals surface area contributed by atoms with E-state index in [-0.39, 0.29) is 23.8 Å². The summed E-state index contributed by atoms with van der Waals surface area (Å²) < 4.78 is 0. The molecule has 5 heteroatoms. The second-order valence-corrected chi connectivity index (χ2v) is 8.46. The summed E-state index contributed by atoms with van der Waals surface area (Å²) in [6.45, 7) is 9.16. The fourth-order valence-corrected chi connectivity index (χ4v) is 4.82. The summed E-state index contributed by atoms with van der Waals surface area (Å²) in [7, 11) is 0. The zero-order valence-corrected chi connectivity index (χ0v) is 16.8. The van der Waals surface area contributed by atoms with Gasteiger partial charge in [0.2, 0.25) is 0 Å². The number of nitrogens with zero attached hydrogens (tertiary/aromatic N) is 2. The van der Waals surface area contributed by atoms with E-state index in [2.05, 4.69) is 11.8 Å². The quantitative estimate of drug-likeness (QED) is 0.870. The lowest BCUT2D eigenvalue weighted by Crippen LogP contribution is -2.54. The monoisotopic (exact) mass is 378 g/mol. The fourth-order valence-electron chi connectivity index (χ4n) is 4.71. The van der Waals surface area contributed by atoms with Crippen molar-refractivity contribution in [1.29, 1.82) is 0 Å². The van der Waals surface area contributed by atoms with Crippen LogP contribution in [0.25, 0.3) is 0 Å². The molecule has 4 nitrogen and oxygen atoms in total. The van der Waals surface area contributed by atoms with Crippen LogP contribution in [-0.4, -0.2) is 60.1 Å². The van der Waals surface area contributed by atoms with Crippen LogP contribution in [0.2, 0.25) is 5.02 Å². The highest BCUT2D eigenvalue weighted by Crippen LogP contribution is 2.45. The Kier molecular flexibility index (Phi) is 6.26. The number of halogens is 1. The van der Waals surface area contributed by atoms with Crippen LogP contribution in [0.1, 0.15) is 48.5 Å². The molecule has 1 aromatic rings. The molecule has 0 aliphatic carbocycles. The van der Waals surface area contributed by atoms with Crippen molar-refractivity contribution in [2.45, 2.75) is 39.5 Å². The van der Waals surface area contributed by atoms with Crippen LogP contribution in [0.4, 0.5) is 0 Å². The second-order valence-electron chi connectivity index (χ2n) is 8.05. The van der Waals surface area contributed by atoms with Gasteiger partial charge in [-0.15, -0.1) is 0 Å². The van der Waals surface area contributed by atoms with E-state index in [4.69, 9.17) is 11.6 Å². The zero-order valence-electron chi connectivity index (χ0n) is 16.0. The summed E-state index contributed by atoms with van der Waals surface area (Å²) in [6.07, 6.45) is 4.47. The predicted octanol–water partition coefficient (Wildman–Crippen LogP) is 3.60. The van der Waals surface area contributed by atoms with Gasteiger partial charge in [-0.3, -0.25) is 4.79 Å². The number of hydrogen-bond acceptors (Lipinski definition) is 3. The molecule has 1 atom stereocenters. The number of carbonyl (C=O) groups excluding carboxylic acids is 1. The van der Waals surface area contributed by atoms with E-state index >= 15 is 0 Å². The van der Waals surface area contributed by atoms with E-state index in [0.29, 0.717) is 17.1 Å². The molecule has 2 fully saturated rings. The molecular formula is C21H31ClN2O2. The Morgan fingerprint density at radius 1 is 1.27 bits per heavy atom. The lowest BCUT2D eigenvalue weighted by Gasteiger charge is -2.51. The van der Waals surface area contributed by atoms with Crippen LogP contribution < -0.4 is 0 Å². The Bertz CT molecular complexity index is 641. The topological polar surface area (TPSA) is 43.8 Å². The van der Waals surface area contributed by atoms with Gasteiger partial charge in [0, 0.05) is 36.2 Å². The third kappa shape index (κ3) is 3.92. The average Bonchev–Trinajstić information content (AvgIpc) is 2.66. The fraction of sp³-hybridized carbons (Fsp3) is 0.667. The first kappa shape index (κ1) is 19.7. The molecule has 2 aliphatic heterocycles. The number of aryl methyl sites for hydroxylation is 1. The van der Waals surface area contributed by atoms with Gasteiger partial charge in [0.25, 0.3) is 5.91 Å². The molecule has 0 radical (unpaired) electrons. The van der Waals surface area contributed by atoms with Crippen molar-refractivity contribution in [3.63, 3.8) is 0 Å². The molecule has 1 amide bonds. The first-order valence-electron chi connectivity index (χ1n) is 9.88. The molecule has 2 saturated heterocycles. The van der Waals surface area contributed by atoms with Gasteiger partial charge in [0.15, 0.2) is 0 Å². The first-order valence-corrected chi connectivity index (χ1v) is 10.3. The zero-order chi connectivity index (χ0) is 18.7. The van der Waals surface area contributed by atoms with E-state index in [1.807, 2.05) is 17.9 Å². The maximum absolute atomic E-state index is 12.9. The Hall–Kier alpha value is -1.10. The number of rotatable bonds is 4. The molecule has 2 aliphatic rings. The Morgan fingerprint density at radius 2 is 1.96 bits per heavy atom. The summed E-state index contributed by atoms with van der Waals surface area (Å²) in [4.78, 5) is 17.4. The predicted molar refractivity (Wildman–Crippen MR) is 106 cm³/mol. The summed E-state index contributed by atoms with van der Waals surface area (Å²) in [6, 6.07) is 5.47. The second kappa shape index (κ2) is 8.28. The number of hydrogen-bond donors (Lipinski definition) is 1. The van der Waals surface area contributed by atoms with Crippen molar-refractivity contribution in [3.05, 3.63) is 34.3 Å². The molecule has 1 aromatic carbocycles. The van der Waals surface area contributed by atoms with Crippen LogP contribution in [0, 0.1) is 18.3 Å². The normalized spacial score (nSPS) is 23.4. The van der Waals surface area contributed by atoms with Gasteiger partial charge in [-0.2, -0.15) is 0 Å². The van der Waals surface area contributed by atoms with Crippen molar-refractivity contribution in [1.82, 2.24) is 9.80 Å². The van der Waals surface area contributed by atoms with Crippen molar-refractivity contribution in [2.24, 2.45) is 11.3 Å². The Morgan fingerprint density at radius 3 is 2.58 bits per heavy atom. The van der Waals surface area contributed by atoms with E-state index < -0.39 is 0 Å². The van der Waals surface area contributed by atoms with Gasteiger partial charge in [-0.1, -0.05) is 18.5 Å². The van der Waals surface area contributed by atoms with Crippen LogP contribution >= 0.6 is 11.6 Å². The molecule has 1 N–H and O–H groups in total. The van der Waals surface area contributed by atoms with Crippen molar-refractivity contribution < 1.29 is 9.90 Å². The summed E-state index contributed by atoms with van der Waals surface area (Å²) in [5.41, 5.74) is 1.82. The first-order chi connectivity index (χ1) is 12.5. The largest absolute Gasteiger partial charge is 0.396 e. The minimum Gasteiger partial charge on any atom is -0.396 e. The molecule has 26 heavy (non-hydrogen) atoms. The molecule has 1 spiro atoms. The molecule has 3 rings (SSSR count). The number of carbonyl (C=O) groups is 1. The van der Waals surface area contributed by atoms with Gasteiger partial charge in [0.05, 0.1) is 0 Å². The third-order valence-electron chi connectivity index (χ3n) is 6.49. The van der Waals surface area contributed by atoms with Crippen molar-refractivity contribution >= 4 is 17.5 Å². The van der Waals surface area contributed by atoms with E-state index in [1.165, 1.54) is 13.0 Å². The number of piperidine rings is 2. The summed E-state index contributed by atoms with van der Waals surface area (Å²) >= 11 is 6.09. The standard InChI is InChI=1S/C21H31ClN2O2/c1-3-9-23-10-6-21(7-11-23)8-12-24(14-18(21)15-25)20(26)17-4-5-19(22)16(2)13-17/h4-5,13,18,25H,3,6-12,14-15H2,1-2H3/t18-/m1/s1. The van der Waals surface area contributed by atoms with Crippen LogP contribution in [0.5, 0.6) is 0 Å². The molecule has 144 valence electrons. The minimum absolute atomic E-state index is 0.0569. The van der Waals surface area contributed by atoms with Gasteiger partial charge in [-0.05, 0) is 81.4 Å². The van der Waals surface area contributed by atoms with Crippen molar-refractivity contribution in [2.75, 3.05) is 39.3 Å². The van der Waals surface area contributed by atoms with Gasteiger partial charge in [0.1, 0.15) is 0 Å². The van der Waals surface area contributed by atoms with Gasteiger partial charge >= 0.3 is 0 Å². The highest BCUT2D eigenvalue weighted by Gasteiger charge is 2.45. The Labute approximate surface area is 162 Å². The number of likely N-dealkylation sites (tertiary alicyclic amines) is 2. The van der Waals surface area contributed by atoms with E-state index in [0.717, 1.165) is 44.5 Å². The molecule has 0 saturated carbocycles. The van der Waals surface area contributed by atoms with Gasteiger partial charge in [-0.25, -0.2) is 0 Å². The highest BCUT2D eigenvalue weighted by molar-refractivity contribution is 6.31. The summed E-state index contributed by atoms with van der Waals surface area (Å²) in [5, 5.41) is 10.7. The number of benzene rings is 1. The highest BCUT2D eigenvalue weighted by atomic mass is 35.5. The smallest absolute Gasteiger partial charge is 0.253 e. The molecule has 2 heterocycles. The van der Waals surface area contributed by atoms with Crippen molar-refractivity contribution in [3.8, 4) is 0 Å². The minimum atomic E-state index is 0.0569. The SMILES string of the molecule is CCCN1CCC2(CC1)CCN(C(=O)c1ccc(Cl)c(C)c1)C[C@@H]2CO. The number of aliphatic hydroxyl groups excluding tert-OH is 1. The van der Waals surface area contributed by atoms with Crippen LogP contribution in [0.3, 0.4) is 0 Å². The number of aliphatic hydroxyl groups is 1. The molecular weight excluding hydrogens is 348 g/mol. The average molecular weight is 379 g/mol. The summed E-state index contributed by atoms with van der Waals surface area (Å²) in [5.74, 6) is 0.235. The van der Waals surface area contributed by atoms with E-state index in [9.17, 15) is 9.90 Å². The third-order valence-corrected chi connectivity index (χ3v) is 6.91. The maximum Gasteiger partial charge on any atom is 0.253 e.